The third-order valence-corrected chi connectivity index (χ3v) is 5.76. The highest BCUT2D eigenvalue weighted by Crippen LogP contribution is 2.24. The number of nitrogens with zero attached hydrogens (tertiary/aromatic N) is 4. The quantitative estimate of drug-likeness (QED) is 0.680. The van der Waals surface area contributed by atoms with Crippen LogP contribution in [0.15, 0.2) is 43.0 Å². The van der Waals surface area contributed by atoms with Crippen molar-refractivity contribution >= 4 is 0 Å². The molecule has 0 bridgehead atoms. The maximum atomic E-state index is 4.50. The number of quaternary nitrogens is 2. The Labute approximate surface area is 156 Å². The lowest BCUT2D eigenvalue weighted by atomic mass is 9.99. The number of tetrazole rings is 1. The minimum atomic E-state index is -0.0960. The molecule has 1 aromatic heterocycles. The average Bonchev–Trinajstić information content (AvgIpc) is 3.15. The Bertz CT molecular complexity index is 700. The lowest BCUT2D eigenvalue weighted by Gasteiger charge is -2.35. The van der Waals surface area contributed by atoms with Crippen LogP contribution >= 0.6 is 0 Å². The van der Waals surface area contributed by atoms with E-state index >= 15 is 0 Å². The minimum Gasteiger partial charge on any atom is -0.322 e. The Hall–Kier alpha value is -2.05. The standard InChI is InChI=1S/C20H30N6/c1-5-12-24-13-15-25(16-14-24)18(17-10-8-7-9-11-17)19-21-22-23-26(19)20(3,4)6-2/h5,7-11,18H,1,6,12-16H2,2-4H3/p+2/t18-/m0/s1. The first-order valence-electron chi connectivity index (χ1n) is 9.69. The molecule has 3 rings (SSSR count). The molecular formula is C20H32N6+2. The molecule has 6 nitrogen and oxygen atoms in total. The van der Waals surface area contributed by atoms with Gasteiger partial charge < -0.3 is 9.80 Å². The largest absolute Gasteiger partial charge is 0.322 e. The normalized spacial score (nSPS) is 22.1. The molecule has 0 amide bonds. The van der Waals surface area contributed by atoms with Gasteiger partial charge in [-0.1, -0.05) is 43.8 Å². The second-order valence-electron chi connectivity index (χ2n) is 7.86. The van der Waals surface area contributed by atoms with Crippen LogP contribution in [-0.4, -0.2) is 52.9 Å². The molecule has 2 N–H and O–H groups in total. The molecule has 140 valence electrons. The van der Waals surface area contributed by atoms with Crippen LogP contribution in [0.3, 0.4) is 0 Å². The van der Waals surface area contributed by atoms with E-state index in [1.165, 1.54) is 5.56 Å². The fourth-order valence-electron chi connectivity index (χ4n) is 3.79. The van der Waals surface area contributed by atoms with Gasteiger partial charge in [-0.05, 0) is 36.8 Å². The summed E-state index contributed by atoms with van der Waals surface area (Å²) in [5, 5.41) is 12.9. The first-order chi connectivity index (χ1) is 12.6. The van der Waals surface area contributed by atoms with E-state index in [1.54, 1.807) is 9.80 Å². The maximum absolute atomic E-state index is 4.50. The molecule has 0 radical (unpaired) electrons. The number of aromatic nitrogens is 4. The second-order valence-corrected chi connectivity index (χ2v) is 7.86. The van der Waals surface area contributed by atoms with E-state index in [0.29, 0.717) is 0 Å². The molecule has 0 unspecified atom stereocenters. The molecule has 1 aromatic carbocycles. The lowest BCUT2D eigenvalue weighted by molar-refractivity contribution is -1.02. The van der Waals surface area contributed by atoms with Crippen molar-refractivity contribution < 1.29 is 9.80 Å². The summed E-state index contributed by atoms with van der Waals surface area (Å²) in [6.07, 6.45) is 3.01. The van der Waals surface area contributed by atoms with Gasteiger partial charge in [-0.2, -0.15) is 0 Å². The summed E-state index contributed by atoms with van der Waals surface area (Å²) >= 11 is 0. The molecule has 2 aromatic rings. The molecule has 1 fully saturated rings. The highest BCUT2D eigenvalue weighted by Gasteiger charge is 2.37. The van der Waals surface area contributed by atoms with Crippen LogP contribution < -0.4 is 9.80 Å². The summed E-state index contributed by atoms with van der Waals surface area (Å²) in [4.78, 5) is 3.16. The van der Waals surface area contributed by atoms with E-state index in [4.69, 9.17) is 0 Å². The Morgan fingerprint density at radius 1 is 1.19 bits per heavy atom. The smallest absolute Gasteiger partial charge is 0.214 e. The summed E-state index contributed by atoms with van der Waals surface area (Å²) in [7, 11) is 0. The van der Waals surface area contributed by atoms with Gasteiger partial charge in [0, 0.05) is 5.56 Å². The lowest BCUT2D eigenvalue weighted by Crippen LogP contribution is -3.28. The Balaban J connectivity index is 1.94. The fourth-order valence-corrected chi connectivity index (χ4v) is 3.79. The SMILES string of the molecule is C=CC[NH+]1CC[NH+]([C@@H](c2ccccc2)c2nnnn2C(C)(C)CC)CC1. The van der Waals surface area contributed by atoms with E-state index in [1.807, 2.05) is 10.8 Å². The molecule has 1 atom stereocenters. The van der Waals surface area contributed by atoms with Crippen LogP contribution in [0, 0.1) is 0 Å². The predicted octanol–water partition coefficient (Wildman–Crippen LogP) is -0.123. The van der Waals surface area contributed by atoms with Crippen molar-refractivity contribution in [2.75, 3.05) is 32.7 Å². The molecule has 2 heterocycles. The summed E-state index contributed by atoms with van der Waals surface area (Å²) in [5.74, 6) is 0.977. The summed E-state index contributed by atoms with van der Waals surface area (Å²) in [5.41, 5.74) is 1.19. The van der Waals surface area contributed by atoms with Crippen LogP contribution in [0.4, 0.5) is 0 Å². The van der Waals surface area contributed by atoms with Crippen LogP contribution in [-0.2, 0) is 5.54 Å². The number of hydrogen-bond donors (Lipinski definition) is 2. The first-order valence-corrected chi connectivity index (χ1v) is 9.69. The predicted molar refractivity (Wildman–Crippen MR) is 102 cm³/mol. The molecule has 26 heavy (non-hydrogen) atoms. The first kappa shape index (κ1) is 18.7. The van der Waals surface area contributed by atoms with Gasteiger partial charge in [0.05, 0.1) is 12.1 Å². The molecular weight excluding hydrogens is 324 g/mol. The molecule has 0 saturated carbocycles. The Kier molecular flexibility index (Phi) is 5.84. The molecule has 1 aliphatic heterocycles. The topological polar surface area (TPSA) is 52.5 Å². The van der Waals surface area contributed by atoms with Crippen molar-refractivity contribution in [3.05, 3.63) is 54.4 Å². The molecule has 0 spiro atoms. The van der Waals surface area contributed by atoms with E-state index in [-0.39, 0.29) is 11.6 Å². The number of rotatable bonds is 7. The van der Waals surface area contributed by atoms with E-state index in [0.717, 1.165) is 45.0 Å². The van der Waals surface area contributed by atoms with Crippen molar-refractivity contribution in [2.45, 2.75) is 38.8 Å². The van der Waals surface area contributed by atoms with Gasteiger partial charge in [-0.3, -0.25) is 0 Å². The van der Waals surface area contributed by atoms with E-state index < -0.39 is 0 Å². The maximum Gasteiger partial charge on any atom is 0.214 e. The minimum absolute atomic E-state index is 0.0960. The molecule has 6 heteroatoms. The van der Waals surface area contributed by atoms with Crippen LogP contribution in [0.2, 0.25) is 0 Å². The van der Waals surface area contributed by atoms with E-state index in [2.05, 4.69) is 73.2 Å². The zero-order valence-corrected chi connectivity index (χ0v) is 16.3. The summed E-state index contributed by atoms with van der Waals surface area (Å²) in [6.45, 7) is 16.1. The van der Waals surface area contributed by atoms with Crippen LogP contribution in [0.5, 0.6) is 0 Å². The molecule has 0 aliphatic carbocycles. The zero-order valence-electron chi connectivity index (χ0n) is 16.3. The van der Waals surface area contributed by atoms with Gasteiger partial charge in [0.1, 0.15) is 26.2 Å². The van der Waals surface area contributed by atoms with Gasteiger partial charge in [0.15, 0.2) is 6.04 Å². The van der Waals surface area contributed by atoms with Crippen molar-refractivity contribution in [3.8, 4) is 0 Å². The van der Waals surface area contributed by atoms with Gasteiger partial charge in [0.2, 0.25) is 5.82 Å². The Morgan fingerprint density at radius 3 is 2.50 bits per heavy atom. The number of nitrogens with one attached hydrogen (secondary N) is 2. The van der Waals surface area contributed by atoms with Gasteiger partial charge in [-0.25, -0.2) is 4.68 Å². The van der Waals surface area contributed by atoms with Crippen molar-refractivity contribution in [2.24, 2.45) is 0 Å². The number of piperazine rings is 1. The number of hydrogen-bond acceptors (Lipinski definition) is 3. The highest BCUT2D eigenvalue weighted by atomic mass is 15.6. The van der Waals surface area contributed by atoms with Crippen LogP contribution in [0.25, 0.3) is 0 Å². The average molecular weight is 357 g/mol. The third-order valence-electron chi connectivity index (χ3n) is 5.76. The zero-order chi connectivity index (χ0) is 18.6. The van der Waals surface area contributed by atoms with Crippen LogP contribution in [0.1, 0.15) is 44.6 Å². The molecule has 1 saturated heterocycles. The summed E-state index contributed by atoms with van der Waals surface area (Å²) in [6, 6.07) is 10.9. The Morgan fingerprint density at radius 2 is 1.88 bits per heavy atom. The van der Waals surface area contributed by atoms with E-state index in [9.17, 15) is 0 Å². The molecule has 1 aliphatic rings. The van der Waals surface area contributed by atoms with Gasteiger partial charge in [0.25, 0.3) is 0 Å². The van der Waals surface area contributed by atoms with Crippen molar-refractivity contribution in [3.63, 3.8) is 0 Å². The van der Waals surface area contributed by atoms with Crippen molar-refractivity contribution in [1.82, 2.24) is 20.2 Å². The number of benzene rings is 1. The highest BCUT2D eigenvalue weighted by molar-refractivity contribution is 5.22. The third kappa shape index (κ3) is 3.86. The summed E-state index contributed by atoms with van der Waals surface area (Å²) < 4.78 is 2.04. The monoisotopic (exact) mass is 356 g/mol. The fraction of sp³-hybridized carbons (Fsp3) is 0.550. The van der Waals surface area contributed by atoms with Crippen molar-refractivity contribution in [1.29, 1.82) is 0 Å². The second kappa shape index (κ2) is 8.10. The van der Waals surface area contributed by atoms with Gasteiger partial charge in [-0.15, -0.1) is 5.10 Å². The van der Waals surface area contributed by atoms with Gasteiger partial charge >= 0.3 is 0 Å².